The van der Waals surface area contributed by atoms with Gasteiger partial charge in [0.25, 0.3) is 0 Å². The molecule has 0 aliphatic heterocycles. The molecule has 16 heavy (non-hydrogen) atoms. The van der Waals surface area contributed by atoms with Crippen molar-refractivity contribution in [2.45, 2.75) is 64.0 Å². The molecule has 2 aliphatic carbocycles. The molecule has 0 aromatic rings. The Hall–Kier alpha value is 0.137. The topological polar surface area (TPSA) is 18.5 Å². The Morgan fingerprint density at radius 3 is 1.81 bits per heavy atom. The fourth-order valence-corrected chi connectivity index (χ4v) is 7.60. The number of rotatable bonds is 7. The van der Waals surface area contributed by atoms with Gasteiger partial charge in [0.2, 0.25) is 0 Å². The summed E-state index contributed by atoms with van der Waals surface area (Å²) in [5, 5.41) is 0. The predicted octanol–water partition coefficient (Wildman–Crippen LogP) is 3.86. The summed E-state index contributed by atoms with van der Waals surface area (Å²) in [5.41, 5.74) is 0.799. The van der Waals surface area contributed by atoms with Crippen LogP contribution in [0.3, 0.4) is 0 Å². The number of hydrogen-bond donors (Lipinski definition) is 0. The third-order valence-electron chi connectivity index (χ3n) is 4.30. The van der Waals surface area contributed by atoms with Gasteiger partial charge in [-0.1, -0.05) is 25.7 Å². The van der Waals surface area contributed by atoms with Crippen LogP contribution in [0.1, 0.15) is 52.4 Å². The minimum Gasteiger partial charge on any atom is -0.394 e. The first-order valence-corrected chi connectivity index (χ1v) is 9.18. The van der Waals surface area contributed by atoms with Crippen LogP contribution >= 0.6 is 0 Å². The highest BCUT2D eigenvalue weighted by Gasteiger charge is 2.50. The summed E-state index contributed by atoms with van der Waals surface area (Å²) in [4.78, 5) is 0. The van der Waals surface area contributed by atoms with Gasteiger partial charge in [-0.3, -0.25) is 0 Å². The Labute approximate surface area is 101 Å². The minimum atomic E-state index is -1.84. The summed E-state index contributed by atoms with van der Waals surface area (Å²) in [7, 11) is -1.84. The first kappa shape index (κ1) is 12.6. The molecule has 0 atom stereocenters. The van der Waals surface area contributed by atoms with Crippen molar-refractivity contribution in [2.75, 3.05) is 13.2 Å². The number of hydrogen-bond acceptors (Lipinski definition) is 2. The van der Waals surface area contributed by atoms with Crippen molar-refractivity contribution in [1.82, 2.24) is 0 Å². The molecule has 3 heteroatoms. The van der Waals surface area contributed by atoms with Crippen LogP contribution in [0.5, 0.6) is 0 Å². The molecule has 0 aromatic carbocycles. The Morgan fingerprint density at radius 2 is 1.50 bits per heavy atom. The molecule has 0 amide bonds. The molecule has 2 rings (SSSR count). The van der Waals surface area contributed by atoms with Crippen LogP contribution in [0.2, 0.25) is 11.6 Å². The second kappa shape index (κ2) is 5.65. The van der Waals surface area contributed by atoms with Crippen molar-refractivity contribution in [3.8, 4) is 0 Å². The molecule has 2 nitrogen and oxygen atoms in total. The fraction of sp³-hybridized carbons (Fsp3) is 1.00. The van der Waals surface area contributed by atoms with Gasteiger partial charge >= 0.3 is 8.56 Å². The second-order valence-electron chi connectivity index (χ2n) is 5.31. The largest absolute Gasteiger partial charge is 0.394 e. The highest BCUT2D eigenvalue weighted by molar-refractivity contribution is 6.69. The fourth-order valence-electron chi connectivity index (χ4n) is 3.00. The van der Waals surface area contributed by atoms with Crippen LogP contribution in [-0.2, 0) is 8.85 Å². The van der Waals surface area contributed by atoms with E-state index in [9.17, 15) is 0 Å². The quantitative estimate of drug-likeness (QED) is 0.631. The molecule has 0 spiro atoms. The molecule has 0 radical (unpaired) electrons. The van der Waals surface area contributed by atoms with E-state index in [2.05, 4.69) is 13.8 Å². The van der Waals surface area contributed by atoms with Crippen molar-refractivity contribution < 1.29 is 8.85 Å². The van der Waals surface area contributed by atoms with Crippen LogP contribution in [0.25, 0.3) is 0 Å². The van der Waals surface area contributed by atoms with Crippen molar-refractivity contribution in [2.24, 2.45) is 5.92 Å². The summed E-state index contributed by atoms with van der Waals surface area (Å²) < 4.78 is 12.4. The van der Waals surface area contributed by atoms with E-state index < -0.39 is 8.56 Å². The molecule has 0 bridgehead atoms. The molecular weight excluding hydrogens is 216 g/mol. The van der Waals surface area contributed by atoms with E-state index in [4.69, 9.17) is 8.85 Å². The average Bonchev–Trinajstić information content (AvgIpc) is 2.09. The van der Waals surface area contributed by atoms with Gasteiger partial charge in [0.15, 0.2) is 0 Å². The Kier molecular flexibility index (Phi) is 4.45. The maximum Gasteiger partial charge on any atom is 0.341 e. The third kappa shape index (κ3) is 2.52. The molecule has 0 unspecified atom stereocenters. The zero-order chi connectivity index (χ0) is 11.4. The highest BCUT2D eigenvalue weighted by Crippen LogP contribution is 2.47. The molecule has 2 saturated carbocycles. The lowest BCUT2D eigenvalue weighted by Crippen LogP contribution is -2.51. The summed E-state index contributed by atoms with van der Waals surface area (Å²) in [6, 6.07) is 1.28. The van der Waals surface area contributed by atoms with E-state index in [1.807, 2.05) is 0 Å². The summed E-state index contributed by atoms with van der Waals surface area (Å²) >= 11 is 0. The first-order valence-electron chi connectivity index (χ1n) is 7.08. The first-order chi connectivity index (χ1) is 7.80. The van der Waals surface area contributed by atoms with Crippen molar-refractivity contribution in [3.63, 3.8) is 0 Å². The lowest BCUT2D eigenvalue weighted by molar-refractivity contribution is 0.145. The maximum atomic E-state index is 6.20. The standard InChI is InChI=1S/C13H26O2Si/c1-3-14-16(15-4-2,13-9-6-10-13)11-12-7-5-8-12/h12-13H,3-11H2,1-2H3. The van der Waals surface area contributed by atoms with Gasteiger partial charge in [-0.25, -0.2) is 0 Å². The van der Waals surface area contributed by atoms with Crippen LogP contribution in [0, 0.1) is 5.92 Å². The van der Waals surface area contributed by atoms with Gasteiger partial charge in [0.05, 0.1) is 0 Å². The van der Waals surface area contributed by atoms with Crippen LogP contribution in [0.15, 0.2) is 0 Å². The van der Waals surface area contributed by atoms with Gasteiger partial charge in [-0.05, 0) is 38.7 Å². The van der Waals surface area contributed by atoms with Gasteiger partial charge in [0.1, 0.15) is 0 Å². The van der Waals surface area contributed by atoms with Crippen LogP contribution in [-0.4, -0.2) is 21.8 Å². The third-order valence-corrected chi connectivity index (χ3v) is 8.82. The normalized spacial score (nSPS) is 22.9. The Bertz CT molecular complexity index is 206. The highest BCUT2D eigenvalue weighted by atomic mass is 28.4. The van der Waals surface area contributed by atoms with E-state index in [0.29, 0.717) is 0 Å². The monoisotopic (exact) mass is 242 g/mol. The molecule has 0 aromatic heterocycles. The predicted molar refractivity (Wildman–Crippen MR) is 68.8 cm³/mol. The van der Waals surface area contributed by atoms with E-state index in [-0.39, 0.29) is 0 Å². The lowest BCUT2D eigenvalue weighted by atomic mass is 9.87. The molecule has 2 aliphatic rings. The van der Waals surface area contributed by atoms with Crippen molar-refractivity contribution in [3.05, 3.63) is 0 Å². The Morgan fingerprint density at radius 1 is 0.938 bits per heavy atom. The summed E-state index contributed by atoms with van der Waals surface area (Å²) in [6.45, 7) is 5.94. The van der Waals surface area contributed by atoms with Gasteiger partial charge < -0.3 is 8.85 Å². The minimum absolute atomic E-state index is 0.799. The smallest absolute Gasteiger partial charge is 0.341 e. The zero-order valence-corrected chi connectivity index (χ0v) is 11.8. The van der Waals surface area contributed by atoms with Gasteiger partial charge in [-0.15, -0.1) is 0 Å². The molecular formula is C13H26O2Si. The second-order valence-corrected chi connectivity index (χ2v) is 8.73. The average molecular weight is 242 g/mol. The SMILES string of the molecule is CCO[Si](CC1CCC1)(OCC)C1CCC1. The molecule has 2 fully saturated rings. The van der Waals surface area contributed by atoms with Crippen LogP contribution < -0.4 is 0 Å². The zero-order valence-electron chi connectivity index (χ0n) is 10.8. The molecule has 0 N–H and O–H groups in total. The lowest BCUT2D eigenvalue weighted by Gasteiger charge is -2.44. The van der Waals surface area contributed by atoms with E-state index in [1.54, 1.807) is 0 Å². The molecule has 0 saturated heterocycles. The van der Waals surface area contributed by atoms with E-state index in [1.165, 1.54) is 44.6 Å². The van der Waals surface area contributed by atoms with E-state index >= 15 is 0 Å². The summed E-state index contributed by atoms with van der Waals surface area (Å²) in [6.07, 6.45) is 8.38. The van der Waals surface area contributed by atoms with E-state index in [0.717, 1.165) is 24.7 Å². The molecule has 94 valence electrons. The van der Waals surface area contributed by atoms with Gasteiger partial charge in [0, 0.05) is 18.8 Å². The molecule has 0 heterocycles. The maximum absolute atomic E-state index is 6.20. The Balaban J connectivity index is 1.99. The van der Waals surface area contributed by atoms with Gasteiger partial charge in [-0.2, -0.15) is 0 Å². The summed E-state index contributed by atoms with van der Waals surface area (Å²) in [5.74, 6) is 0.922. The van der Waals surface area contributed by atoms with Crippen molar-refractivity contribution in [1.29, 1.82) is 0 Å². The van der Waals surface area contributed by atoms with Crippen molar-refractivity contribution >= 4 is 8.56 Å². The van der Waals surface area contributed by atoms with Crippen LogP contribution in [0.4, 0.5) is 0 Å².